The summed E-state index contributed by atoms with van der Waals surface area (Å²) in [5, 5.41) is 9.60. The second-order valence-corrected chi connectivity index (χ2v) is 15.3. The number of aromatic nitrogens is 2. The average Bonchev–Trinajstić information content (AvgIpc) is 3.79. The number of rotatable bonds is 4. The Labute approximate surface area is 323 Å². The zero-order valence-electron chi connectivity index (χ0n) is 29.6. The molecule has 4 heteroatoms. The van der Waals surface area contributed by atoms with Gasteiger partial charge in [0.1, 0.15) is 5.82 Å². The third-order valence-corrected chi connectivity index (χ3v) is 12.5. The lowest BCUT2D eigenvalue weighted by molar-refractivity contribution is 0.722. The Bertz CT molecular complexity index is 2960. The molecule has 256 valence electrons. The first-order chi connectivity index (χ1) is 27.2. The number of hydrogen-bond donors (Lipinski definition) is 0. The number of nitriles is 1. The number of fused-ring (bicyclic) bond motifs is 10. The lowest BCUT2D eigenvalue weighted by Gasteiger charge is -2.39. The number of hydrogen-bond acceptors (Lipinski definition) is 3. The molecule has 0 saturated heterocycles. The molecule has 0 saturated carbocycles. The molecule has 9 aromatic rings. The quantitative estimate of drug-likeness (QED) is 0.182. The average molecular weight is 718 g/mol. The molecule has 2 heterocycles. The monoisotopic (exact) mass is 717 g/mol. The van der Waals surface area contributed by atoms with Crippen molar-refractivity contribution in [2.24, 2.45) is 0 Å². The lowest BCUT2D eigenvalue weighted by Crippen LogP contribution is -2.31. The largest absolute Gasteiger partial charge is 0.292 e. The molecule has 1 aromatic heterocycles. The maximum Gasteiger partial charge on any atom is 0.145 e. The molecule has 2 aliphatic rings. The van der Waals surface area contributed by atoms with Crippen molar-refractivity contribution in [1.29, 1.82) is 5.26 Å². The van der Waals surface area contributed by atoms with Gasteiger partial charge in [0.2, 0.25) is 0 Å². The zero-order chi connectivity index (χ0) is 36.5. The Morgan fingerprint density at radius 2 is 1.11 bits per heavy atom. The fourth-order valence-corrected chi connectivity index (χ4v) is 10.2. The van der Waals surface area contributed by atoms with Crippen molar-refractivity contribution in [3.8, 4) is 56.5 Å². The number of para-hydroxylation sites is 3. The summed E-state index contributed by atoms with van der Waals surface area (Å²) in [6, 6.07) is 69.6. The van der Waals surface area contributed by atoms with Crippen LogP contribution < -0.4 is 0 Å². The van der Waals surface area contributed by atoms with Gasteiger partial charge in [-0.2, -0.15) is 5.26 Å². The van der Waals surface area contributed by atoms with Gasteiger partial charge in [-0.25, -0.2) is 4.98 Å². The Morgan fingerprint density at radius 3 is 1.85 bits per heavy atom. The van der Waals surface area contributed by atoms with Gasteiger partial charge in [0.15, 0.2) is 0 Å². The normalized spacial score (nSPS) is 13.1. The highest BCUT2D eigenvalue weighted by atomic mass is 32.2. The van der Waals surface area contributed by atoms with E-state index in [-0.39, 0.29) is 0 Å². The molecule has 0 atom stereocenters. The van der Waals surface area contributed by atoms with Crippen molar-refractivity contribution < 1.29 is 0 Å². The summed E-state index contributed by atoms with van der Waals surface area (Å²) in [7, 11) is 0. The SMILES string of the molecule is N#Cc1ccc(-c2cccc3c2-c2cc(-c4ccc(-c5nc6ccccc6n5-c5ccccc5)cc4)ccc2C32c3ccccc3Sc3ccccc32)cc1. The van der Waals surface area contributed by atoms with Crippen LogP contribution in [0.5, 0.6) is 0 Å². The van der Waals surface area contributed by atoms with Gasteiger partial charge >= 0.3 is 0 Å². The van der Waals surface area contributed by atoms with Crippen LogP contribution in [0.4, 0.5) is 0 Å². The molecule has 11 rings (SSSR count). The minimum absolute atomic E-state index is 0.482. The van der Waals surface area contributed by atoms with Gasteiger partial charge in [0.25, 0.3) is 0 Å². The van der Waals surface area contributed by atoms with Gasteiger partial charge in [-0.1, -0.05) is 145 Å². The van der Waals surface area contributed by atoms with Crippen LogP contribution in [0.2, 0.25) is 0 Å². The van der Waals surface area contributed by atoms with E-state index in [1.165, 1.54) is 48.7 Å². The topological polar surface area (TPSA) is 41.6 Å². The first-order valence-corrected chi connectivity index (χ1v) is 19.3. The van der Waals surface area contributed by atoms with E-state index >= 15 is 0 Å². The lowest BCUT2D eigenvalue weighted by atomic mass is 9.67. The van der Waals surface area contributed by atoms with E-state index < -0.39 is 5.41 Å². The van der Waals surface area contributed by atoms with Crippen LogP contribution in [0.1, 0.15) is 27.8 Å². The highest BCUT2D eigenvalue weighted by Crippen LogP contribution is 2.63. The van der Waals surface area contributed by atoms with Gasteiger partial charge in [-0.3, -0.25) is 4.57 Å². The highest BCUT2D eigenvalue weighted by molar-refractivity contribution is 7.99. The zero-order valence-corrected chi connectivity index (χ0v) is 30.5. The van der Waals surface area contributed by atoms with Crippen molar-refractivity contribution in [2.45, 2.75) is 15.2 Å². The molecule has 3 nitrogen and oxygen atoms in total. The van der Waals surface area contributed by atoms with Crippen molar-refractivity contribution in [1.82, 2.24) is 9.55 Å². The van der Waals surface area contributed by atoms with Crippen molar-refractivity contribution in [3.63, 3.8) is 0 Å². The fraction of sp³-hybridized carbons (Fsp3) is 0.0196. The Morgan fingerprint density at radius 1 is 0.491 bits per heavy atom. The molecular weight excluding hydrogens is 687 g/mol. The van der Waals surface area contributed by atoms with Crippen LogP contribution >= 0.6 is 11.8 Å². The second kappa shape index (κ2) is 12.3. The van der Waals surface area contributed by atoms with E-state index in [4.69, 9.17) is 4.98 Å². The van der Waals surface area contributed by atoms with Crippen LogP contribution in [-0.2, 0) is 5.41 Å². The molecule has 0 bridgehead atoms. The first kappa shape index (κ1) is 31.6. The minimum Gasteiger partial charge on any atom is -0.292 e. The van der Waals surface area contributed by atoms with Gasteiger partial charge in [-0.05, 0) is 110 Å². The van der Waals surface area contributed by atoms with E-state index in [9.17, 15) is 5.26 Å². The molecule has 0 amide bonds. The number of benzene rings is 8. The van der Waals surface area contributed by atoms with Crippen LogP contribution in [0.3, 0.4) is 0 Å². The maximum absolute atomic E-state index is 9.60. The minimum atomic E-state index is -0.482. The highest BCUT2D eigenvalue weighted by Gasteiger charge is 2.50. The van der Waals surface area contributed by atoms with Crippen LogP contribution in [-0.4, -0.2) is 9.55 Å². The summed E-state index contributed by atoms with van der Waals surface area (Å²) < 4.78 is 2.25. The van der Waals surface area contributed by atoms with E-state index in [0.717, 1.165) is 44.8 Å². The summed E-state index contributed by atoms with van der Waals surface area (Å²) in [5.74, 6) is 0.920. The molecule has 0 unspecified atom stereocenters. The van der Waals surface area contributed by atoms with E-state index in [1.807, 2.05) is 36.0 Å². The third kappa shape index (κ3) is 4.67. The summed E-state index contributed by atoms with van der Waals surface area (Å²) in [6.07, 6.45) is 0. The van der Waals surface area contributed by atoms with Crippen molar-refractivity contribution >= 4 is 22.8 Å². The predicted molar refractivity (Wildman–Crippen MR) is 224 cm³/mol. The molecule has 1 spiro atoms. The van der Waals surface area contributed by atoms with Gasteiger partial charge in [0.05, 0.1) is 28.1 Å². The van der Waals surface area contributed by atoms with E-state index in [2.05, 4.69) is 174 Å². The van der Waals surface area contributed by atoms with E-state index in [1.54, 1.807) is 0 Å². The summed E-state index contributed by atoms with van der Waals surface area (Å²) in [5.41, 5.74) is 16.6. The molecular formula is C51H31N3S. The Balaban J connectivity index is 1.11. The standard InChI is InChI=1S/C51H31N3S/c52-32-33-21-23-35(24-22-33)39-13-10-16-44-49(39)40-31-37(29-30-41(40)51(44)42-14-4-8-19-47(42)55-48-20-9-5-15-43(48)51)34-25-27-36(28-26-34)50-53-45-17-6-7-18-46(45)54(50)38-11-2-1-3-12-38/h1-31H. The molecule has 0 radical (unpaired) electrons. The predicted octanol–water partition coefficient (Wildman–Crippen LogP) is 12.7. The smallest absolute Gasteiger partial charge is 0.145 e. The summed E-state index contributed by atoms with van der Waals surface area (Å²) in [4.78, 5) is 7.68. The van der Waals surface area contributed by atoms with Gasteiger partial charge in [-0.15, -0.1) is 0 Å². The summed E-state index contributed by atoms with van der Waals surface area (Å²) >= 11 is 1.86. The second-order valence-electron chi connectivity index (χ2n) is 14.2. The van der Waals surface area contributed by atoms with Crippen LogP contribution in [0.15, 0.2) is 198 Å². The van der Waals surface area contributed by atoms with Crippen molar-refractivity contribution in [2.75, 3.05) is 0 Å². The molecule has 55 heavy (non-hydrogen) atoms. The van der Waals surface area contributed by atoms with Crippen LogP contribution in [0.25, 0.3) is 61.5 Å². The molecule has 0 N–H and O–H groups in total. The molecule has 0 fully saturated rings. The first-order valence-electron chi connectivity index (χ1n) is 18.5. The van der Waals surface area contributed by atoms with Crippen LogP contribution in [0, 0.1) is 11.3 Å². The Kier molecular flexibility index (Phi) is 7.07. The maximum atomic E-state index is 9.60. The molecule has 1 aliphatic carbocycles. The molecule has 1 aliphatic heterocycles. The third-order valence-electron chi connectivity index (χ3n) is 11.3. The van der Waals surface area contributed by atoms with E-state index in [0.29, 0.717) is 5.56 Å². The van der Waals surface area contributed by atoms with Crippen molar-refractivity contribution in [3.05, 3.63) is 216 Å². The Hall–Kier alpha value is -6.93. The number of nitrogens with zero attached hydrogens (tertiary/aromatic N) is 3. The fourth-order valence-electron chi connectivity index (χ4n) is 8.97. The van der Waals surface area contributed by atoms with Gasteiger partial charge in [0, 0.05) is 21.0 Å². The number of imidazole rings is 1. The molecule has 8 aromatic carbocycles. The van der Waals surface area contributed by atoms with Gasteiger partial charge < -0.3 is 0 Å². The summed E-state index contributed by atoms with van der Waals surface area (Å²) in [6.45, 7) is 0.